The quantitative estimate of drug-likeness (QED) is 0.490. The van der Waals surface area contributed by atoms with Gasteiger partial charge in [0, 0.05) is 32.7 Å². The van der Waals surface area contributed by atoms with E-state index in [4.69, 9.17) is 4.74 Å². The number of aromatic nitrogens is 3. The predicted octanol–water partition coefficient (Wildman–Crippen LogP) is 2.51. The molecule has 3 unspecified atom stereocenters. The van der Waals surface area contributed by atoms with E-state index in [9.17, 15) is 14.0 Å². The summed E-state index contributed by atoms with van der Waals surface area (Å²) >= 11 is 0. The van der Waals surface area contributed by atoms with Crippen molar-refractivity contribution in [2.75, 3.05) is 20.1 Å². The van der Waals surface area contributed by atoms with Crippen molar-refractivity contribution in [1.29, 1.82) is 0 Å². The van der Waals surface area contributed by atoms with Gasteiger partial charge < -0.3 is 14.2 Å². The molecular formula is C25H34F2N6O3. The number of halogens is 2. The lowest BCUT2D eigenvalue weighted by molar-refractivity contribution is -0.107. The molecular weight excluding hydrogens is 470 g/mol. The zero-order chi connectivity index (χ0) is 25.8. The Morgan fingerprint density at radius 1 is 1.31 bits per heavy atom. The van der Waals surface area contributed by atoms with Gasteiger partial charge in [-0.3, -0.25) is 9.69 Å². The van der Waals surface area contributed by atoms with E-state index in [1.54, 1.807) is 20.0 Å². The topological polar surface area (TPSA) is 85.0 Å². The third kappa shape index (κ3) is 5.73. The van der Waals surface area contributed by atoms with Crippen LogP contribution < -0.4 is 5.62 Å². The Kier molecular flexibility index (Phi) is 8.30. The maximum absolute atomic E-state index is 15.1. The van der Waals surface area contributed by atoms with Gasteiger partial charge in [0.1, 0.15) is 18.7 Å². The summed E-state index contributed by atoms with van der Waals surface area (Å²) in [5.74, 6) is 0.505. The summed E-state index contributed by atoms with van der Waals surface area (Å²) in [6, 6.07) is 7.32. The number of rotatable bonds is 9. The summed E-state index contributed by atoms with van der Waals surface area (Å²) in [7, 11) is 3.17. The standard InChI is InChI=1S/C25H34F2N6O3/c1-17-29-33(24(28-16-34)31(17)3)25(35)30(2)13-20(27)14-32-21-7-8-22(32)11-23(10-21)36-15-19-6-4-5-18(9-19)12-26/h4-6,9,16,20-23H,7-8,10-15H2,1-3H3/b28-24-. The van der Waals surface area contributed by atoms with Crippen molar-refractivity contribution in [2.45, 2.75) is 70.2 Å². The highest BCUT2D eigenvalue weighted by Gasteiger charge is 2.42. The fourth-order valence-corrected chi connectivity index (χ4v) is 5.36. The Hall–Kier alpha value is -2.92. The van der Waals surface area contributed by atoms with Crippen molar-refractivity contribution in [3.63, 3.8) is 0 Å². The van der Waals surface area contributed by atoms with Gasteiger partial charge in [0.25, 0.3) is 0 Å². The Morgan fingerprint density at radius 3 is 2.67 bits per heavy atom. The summed E-state index contributed by atoms with van der Waals surface area (Å²) in [6.07, 6.45) is 2.88. The number of benzene rings is 1. The zero-order valence-electron chi connectivity index (χ0n) is 21.0. The number of hydrogen-bond donors (Lipinski definition) is 0. The van der Waals surface area contributed by atoms with Crippen LogP contribution >= 0.6 is 0 Å². The molecule has 3 heterocycles. The average Bonchev–Trinajstić information content (AvgIpc) is 3.26. The van der Waals surface area contributed by atoms with Crippen LogP contribution in [-0.4, -0.2) is 81.1 Å². The SMILES string of the molecule is Cc1nn(C(=O)N(C)CC(F)CN2C3CCC2CC(OCc2cccc(CF)c2)C3)/c(=N\C=O)n1C. The van der Waals surface area contributed by atoms with E-state index in [2.05, 4.69) is 15.0 Å². The number of piperidine rings is 1. The van der Waals surface area contributed by atoms with Crippen LogP contribution in [-0.2, 0) is 29.9 Å². The second-order valence-corrected chi connectivity index (χ2v) is 9.75. The Bertz CT molecular complexity index is 1140. The molecule has 3 atom stereocenters. The van der Waals surface area contributed by atoms with E-state index in [0.29, 0.717) is 24.4 Å². The third-order valence-electron chi connectivity index (χ3n) is 7.25. The summed E-state index contributed by atoms with van der Waals surface area (Å²) in [4.78, 5) is 30.9. The highest BCUT2D eigenvalue weighted by Crippen LogP contribution is 2.37. The van der Waals surface area contributed by atoms with Crippen molar-refractivity contribution in [1.82, 2.24) is 24.1 Å². The van der Waals surface area contributed by atoms with Crippen molar-refractivity contribution < 1.29 is 23.1 Å². The number of nitrogens with zero attached hydrogens (tertiary/aromatic N) is 6. The van der Waals surface area contributed by atoms with E-state index in [1.165, 1.54) is 16.5 Å². The van der Waals surface area contributed by atoms with Gasteiger partial charge >= 0.3 is 6.03 Å². The van der Waals surface area contributed by atoms with Gasteiger partial charge in [-0.2, -0.15) is 4.99 Å². The first-order valence-electron chi connectivity index (χ1n) is 12.3. The molecule has 2 amide bonds. The lowest BCUT2D eigenvalue weighted by Crippen LogP contribution is -2.50. The Labute approximate surface area is 209 Å². The van der Waals surface area contributed by atoms with Crippen LogP contribution in [0.5, 0.6) is 0 Å². The number of aryl methyl sites for hydroxylation is 1. The molecule has 2 saturated heterocycles. The highest BCUT2D eigenvalue weighted by molar-refractivity contribution is 5.75. The molecule has 36 heavy (non-hydrogen) atoms. The number of alkyl halides is 2. The molecule has 4 rings (SSSR count). The van der Waals surface area contributed by atoms with Gasteiger partial charge in [-0.15, -0.1) is 9.78 Å². The maximum Gasteiger partial charge on any atom is 0.347 e. The summed E-state index contributed by atoms with van der Waals surface area (Å²) in [5.41, 5.74) is 1.70. The van der Waals surface area contributed by atoms with E-state index >= 15 is 4.39 Å². The Balaban J connectivity index is 1.30. The van der Waals surface area contributed by atoms with E-state index in [0.717, 1.165) is 35.9 Å². The van der Waals surface area contributed by atoms with Crippen LogP contribution in [0.25, 0.3) is 0 Å². The van der Waals surface area contributed by atoms with Crippen LogP contribution in [0.15, 0.2) is 29.3 Å². The lowest BCUT2D eigenvalue weighted by Gasteiger charge is -2.39. The molecule has 1 aromatic carbocycles. The van der Waals surface area contributed by atoms with Crippen LogP contribution in [0.1, 0.15) is 42.6 Å². The number of carbonyl (C=O) groups is 2. The van der Waals surface area contributed by atoms with Gasteiger partial charge in [-0.25, -0.2) is 13.6 Å². The molecule has 11 heteroatoms. The lowest BCUT2D eigenvalue weighted by atomic mass is 9.99. The molecule has 2 aliphatic rings. The minimum atomic E-state index is -1.24. The number of carbonyl (C=O) groups excluding carboxylic acids is 2. The smallest absolute Gasteiger partial charge is 0.347 e. The van der Waals surface area contributed by atoms with E-state index in [-0.39, 0.29) is 36.9 Å². The number of fused-ring (bicyclic) bond motifs is 2. The van der Waals surface area contributed by atoms with Gasteiger partial charge in [-0.05, 0) is 43.7 Å². The Morgan fingerprint density at radius 2 is 2.00 bits per heavy atom. The molecule has 0 saturated carbocycles. The van der Waals surface area contributed by atoms with E-state index < -0.39 is 18.9 Å². The van der Waals surface area contributed by atoms with Gasteiger partial charge in [0.05, 0.1) is 19.3 Å². The fraction of sp³-hybridized carbons (Fsp3) is 0.600. The molecule has 0 radical (unpaired) electrons. The molecule has 0 aliphatic carbocycles. The van der Waals surface area contributed by atoms with Crippen molar-refractivity contribution in [3.8, 4) is 0 Å². The van der Waals surface area contributed by atoms with Gasteiger partial charge in [0.2, 0.25) is 12.0 Å². The fourth-order valence-electron chi connectivity index (χ4n) is 5.36. The monoisotopic (exact) mass is 504 g/mol. The molecule has 196 valence electrons. The summed E-state index contributed by atoms with van der Waals surface area (Å²) in [5, 5.41) is 4.13. The first-order chi connectivity index (χ1) is 17.3. The largest absolute Gasteiger partial charge is 0.373 e. The number of ether oxygens (including phenoxy) is 1. The molecule has 1 aromatic heterocycles. The van der Waals surface area contributed by atoms with Gasteiger partial charge in [0.15, 0.2) is 0 Å². The summed E-state index contributed by atoms with van der Waals surface area (Å²) < 4.78 is 36.8. The molecule has 0 N–H and O–H groups in total. The maximum atomic E-state index is 15.1. The highest BCUT2D eigenvalue weighted by atomic mass is 19.1. The van der Waals surface area contributed by atoms with Crippen LogP contribution in [0, 0.1) is 6.92 Å². The summed E-state index contributed by atoms with van der Waals surface area (Å²) in [6.45, 7) is 1.80. The third-order valence-corrected chi connectivity index (χ3v) is 7.25. The number of hydrogen-bond acceptors (Lipinski definition) is 5. The average molecular weight is 505 g/mol. The van der Waals surface area contributed by atoms with E-state index in [1.807, 2.05) is 18.2 Å². The molecule has 2 aromatic rings. The van der Waals surface area contributed by atoms with Crippen molar-refractivity contribution >= 4 is 12.4 Å². The van der Waals surface area contributed by atoms with Crippen molar-refractivity contribution in [3.05, 3.63) is 46.8 Å². The van der Waals surface area contributed by atoms with Crippen LogP contribution in [0.4, 0.5) is 13.6 Å². The van der Waals surface area contributed by atoms with Gasteiger partial charge in [-0.1, -0.05) is 24.3 Å². The van der Waals surface area contributed by atoms with Crippen LogP contribution in [0.2, 0.25) is 0 Å². The molecule has 2 bridgehead atoms. The second kappa shape index (κ2) is 11.4. The predicted molar refractivity (Wildman–Crippen MR) is 128 cm³/mol. The molecule has 9 nitrogen and oxygen atoms in total. The zero-order valence-corrected chi connectivity index (χ0v) is 21.0. The first kappa shape index (κ1) is 26.2. The first-order valence-corrected chi connectivity index (χ1v) is 12.3. The van der Waals surface area contributed by atoms with Crippen molar-refractivity contribution in [2.24, 2.45) is 12.0 Å². The molecule has 0 spiro atoms. The normalized spacial score (nSPS) is 23.1. The minimum absolute atomic E-state index is 0.0892. The molecule has 2 aliphatic heterocycles. The minimum Gasteiger partial charge on any atom is -0.373 e. The molecule has 2 fully saturated rings. The number of amides is 2. The van der Waals surface area contributed by atoms with Crippen LogP contribution in [0.3, 0.4) is 0 Å². The second-order valence-electron chi connectivity index (χ2n) is 9.75.